The first-order valence-electron chi connectivity index (χ1n) is 5.87. The summed E-state index contributed by atoms with van der Waals surface area (Å²) in [5.41, 5.74) is 8.15. The highest BCUT2D eigenvalue weighted by Gasteiger charge is 2.02. The van der Waals surface area contributed by atoms with Crippen LogP contribution in [0.15, 0.2) is 36.0 Å². The quantitative estimate of drug-likeness (QED) is 0.638. The zero-order valence-corrected chi connectivity index (χ0v) is 11.1. The van der Waals surface area contributed by atoms with E-state index in [0.29, 0.717) is 18.8 Å². The lowest BCUT2D eigenvalue weighted by Gasteiger charge is -2.19. The Morgan fingerprint density at radius 2 is 2.00 bits per heavy atom. The van der Waals surface area contributed by atoms with Crippen molar-refractivity contribution in [1.29, 1.82) is 0 Å². The van der Waals surface area contributed by atoms with Crippen LogP contribution in [0.5, 0.6) is 0 Å². The number of ether oxygens (including phenoxy) is 1. The maximum absolute atomic E-state index is 11.2. The summed E-state index contributed by atoms with van der Waals surface area (Å²) in [7, 11) is 1.96. The third kappa shape index (κ3) is 4.91. The van der Waals surface area contributed by atoms with Crippen molar-refractivity contribution in [3.63, 3.8) is 0 Å². The monoisotopic (exact) mass is 248 g/mol. The molecule has 18 heavy (non-hydrogen) atoms. The number of nitrogens with two attached hydrogens (primary N) is 1. The molecule has 0 spiro atoms. The number of likely N-dealkylation sites (N-methyl/N-ethyl adjacent to an activating group) is 1. The first-order chi connectivity index (χ1) is 8.49. The van der Waals surface area contributed by atoms with Crippen LogP contribution >= 0.6 is 0 Å². The molecule has 0 heterocycles. The maximum Gasteiger partial charge on any atom is 0.332 e. The summed E-state index contributed by atoms with van der Waals surface area (Å²) in [4.78, 5) is 13.3. The van der Waals surface area contributed by atoms with Crippen LogP contribution in [-0.2, 0) is 9.53 Å². The Labute approximate surface area is 108 Å². The van der Waals surface area contributed by atoms with E-state index in [0.717, 1.165) is 5.69 Å². The summed E-state index contributed by atoms with van der Waals surface area (Å²) in [5.74, 6) is -0.396. The van der Waals surface area contributed by atoms with E-state index in [1.807, 2.05) is 31.0 Å². The predicted molar refractivity (Wildman–Crippen MR) is 73.4 cm³/mol. The van der Waals surface area contributed by atoms with Gasteiger partial charge in [0, 0.05) is 24.5 Å². The largest absolute Gasteiger partial charge is 0.461 e. The van der Waals surface area contributed by atoms with Crippen LogP contribution in [0, 0.1) is 6.92 Å². The molecule has 0 atom stereocenters. The summed E-state index contributed by atoms with van der Waals surface area (Å²) < 4.78 is 5.03. The molecule has 0 aromatic heterocycles. The molecule has 0 aliphatic rings. The summed E-state index contributed by atoms with van der Waals surface area (Å²) in [6.45, 7) is 4.69. The lowest BCUT2D eigenvalue weighted by Crippen LogP contribution is -2.23. The van der Waals surface area contributed by atoms with E-state index < -0.39 is 5.97 Å². The van der Waals surface area contributed by atoms with Crippen molar-refractivity contribution in [2.45, 2.75) is 13.8 Å². The van der Waals surface area contributed by atoms with Gasteiger partial charge in [0.15, 0.2) is 0 Å². The minimum absolute atomic E-state index is 0.340. The van der Waals surface area contributed by atoms with Gasteiger partial charge in [0.05, 0.1) is 6.54 Å². The standard InChI is InChI=1S/C14H20N2O2/c1-11-4-6-13(7-5-11)16(3)8-9-18-14(17)10-12(2)15/h4-7,10H,8-9,15H2,1-3H3/b12-10-. The average molecular weight is 248 g/mol. The van der Waals surface area contributed by atoms with Gasteiger partial charge >= 0.3 is 5.97 Å². The van der Waals surface area contributed by atoms with Gasteiger partial charge in [0.25, 0.3) is 0 Å². The minimum atomic E-state index is -0.396. The number of aryl methyl sites for hydroxylation is 1. The lowest BCUT2D eigenvalue weighted by atomic mass is 10.2. The summed E-state index contributed by atoms with van der Waals surface area (Å²) >= 11 is 0. The molecule has 0 aliphatic carbocycles. The topological polar surface area (TPSA) is 55.6 Å². The molecule has 1 aromatic rings. The molecule has 4 nitrogen and oxygen atoms in total. The fourth-order valence-electron chi connectivity index (χ4n) is 1.44. The third-order valence-electron chi connectivity index (χ3n) is 2.49. The first kappa shape index (κ1) is 14.1. The molecule has 0 saturated heterocycles. The van der Waals surface area contributed by atoms with Crippen LogP contribution in [0.3, 0.4) is 0 Å². The Morgan fingerprint density at radius 3 is 2.56 bits per heavy atom. The van der Waals surface area contributed by atoms with Gasteiger partial charge in [-0.25, -0.2) is 4.79 Å². The van der Waals surface area contributed by atoms with Gasteiger partial charge in [-0.05, 0) is 26.0 Å². The molecule has 98 valence electrons. The third-order valence-corrected chi connectivity index (χ3v) is 2.49. The second kappa shape index (κ2) is 6.69. The molecule has 1 rings (SSSR count). The number of esters is 1. The fourth-order valence-corrected chi connectivity index (χ4v) is 1.44. The van der Waals surface area contributed by atoms with Gasteiger partial charge in [0.2, 0.25) is 0 Å². The van der Waals surface area contributed by atoms with Crippen molar-refractivity contribution in [3.05, 3.63) is 41.6 Å². The van der Waals surface area contributed by atoms with Crippen molar-refractivity contribution < 1.29 is 9.53 Å². The van der Waals surface area contributed by atoms with Crippen molar-refractivity contribution >= 4 is 11.7 Å². The van der Waals surface area contributed by atoms with Crippen molar-refractivity contribution in [3.8, 4) is 0 Å². The van der Waals surface area contributed by atoms with Crippen LogP contribution < -0.4 is 10.6 Å². The van der Waals surface area contributed by atoms with Crippen LogP contribution in [0.2, 0.25) is 0 Å². The zero-order chi connectivity index (χ0) is 13.5. The second-order valence-corrected chi connectivity index (χ2v) is 4.31. The Bertz CT molecular complexity index is 420. The summed E-state index contributed by atoms with van der Waals surface area (Å²) in [5, 5.41) is 0. The maximum atomic E-state index is 11.2. The lowest BCUT2D eigenvalue weighted by molar-refractivity contribution is -0.137. The highest BCUT2D eigenvalue weighted by Crippen LogP contribution is 2.12. The van der Waals surface area contributed by atoms with E-state index in [2.05, 4.69) is 12.1 Å². The Hall–Kier alpha value is -1.97. The van der Waals surface area contributed by atoms with E-state index in [1.165, 1.54) is 11.6 Å². The van der Waals surface area contributed by atoms with Gasteiger partial charge in [-0.1, -0.05) is 17.7 Å². The number of carbonyl (C=O) groups is 1. The van der Waals surface area contributed by atoms with E-state index >= 15 is 0 Å². The zero-order valence-electron chi connectivity index (χ0n) is 11.1. The molecule has 0 fully saturated rings. The van der Waals surface area contributed by atoms with Crippen LogP contribution in [0.25, 0.3) is 0 Å². The SMILES string of the molecule is C/C(N)=C/C(=O)OCCN(C)c1ccc(C)cc1. The number of allylic oxidation sites excluding steroid dienone is 1. The number of rotatable bonds is 5. The molecule has 4 heteroatoms. The number of benzene rings is 1. The van der Waals surface area contributed by atoms with Crippen LogP contribution in [-0.4, -0.2) is 26.2 Å². The molecule has 0 unspecified atom stereocenters. The Balaban J connectivity index is 2.38. The average Bonchev–Trinajstić information content (AvgIpc) is 2.28. The molecular formula is C14H20N2O2. The van der Waals surface area contributed by atoms with Gasteiger partial charge in [0.1, 0.15) is 6.61 Å². The normalized spacial score (nSPS) is 11.2. The first-order valence-corrected chi connectivity index (χ1v) is 5.87. The Kier molecular flexibility index (Phi) is 5.24. The second-order valence-electron chi connectivity index (χ2n) is 4.31. The van der Waals surface area contributed by atoms with Crippen LogP contribution in [0.1, 0.15) is 12.5 Å². The molecule has 2 N–H and O–H groups in total. The summed E-state index contributed by atoms with van der Waals surface area (Å²) in [6.07, 6.45) is 1.28. The minimum Gasteiger partial charge on any atom is -0.461 e. The van der Waals surface area contributed by atoms with E-state index in [4.69, 9.17) is 10.5 Å². The number of hydrogen-bond donors (Lipinski definition) is 1. The highest BCUT2D eigenvalue weighted by atomic mass is 16.5. The van der Waals surface area contributed by atoms with Crippen LogP contribution in [0.4, 0.5) is 5.69 Å². The molecule has 0 saturated carbocycles. The van der Waals surface area contributed by atoms with Gasteiger partial charge in [-0.15, -0.1) is 0 Å². The molecule has 1 aromatic carbocycles. The van der Waals surface area contributed by atoms with Crippen molar-refractivity contribution in [2.24, 2.45) is 5.73 Å². The summed E-state index contributed by atoms with van der Waals surface area (Å²) in [6, 6.07) is 8.19. The predicted octanol–water partition coefficient (Wildman–Crippen LogP) is 1.84. The molecular weight excluding hydrogens is 228 g/mol. The molecule has 0 bridgehead atoms. The number of anilines is 1. The van der Waals surface area contributed by atoms with Gasteiger partial charge in [-0.2, -0.15) is 0 Å². The fraction of sp³-hybridized carbons (Fsp3) is 0.357. The van der Waals surface area contributed by atoms with Crippen molar-refractivity contribution in [2.75, 3.05) is 25.1 Å². The number of hydrogen-bond acceptors (Lipinski definition) is 4. The molecule has 0 radical (unpaired) electrons. The molecule has 0 amide bonds. The van der Waals surface area contributed by atoms with Crippen molar-refractivity contribution in [1.82, 2.24) is 0 Å². The smallest absolute Gasteiger partial charge is 0.332 e. The highest BCUT2D eigenvalue weighted by molar-refractivity contribution is 5.82. The van der Waals surface area contributed by atoms with E-state index in [-0.39, 0.29) is 0 Å². The molecule has 0 aliphatic heterocycles. The van der Waals surface area contributed by atoms with E-state index in [1.54, 1.807) is 6.92 Å². The number of carbonyl (C=O) groups excluding carboxylic acids is 1. The van der Waals surface area contributed by atoms with Gasteiger partial charge in [-0.3, -0.25) is 0 Å². The Morgan fingerprint density at radius 1 is 1.39 bits per heavy atom. The number of nitrogens with zero attached hydrogens (tertiary/aromatic N) is 1. The van der Waals surface area contributed by atoms with Gasteiger partial charge < -0.3 is 15.4 Å². The van der Waals surface area contributed by atoms with E-state index in [9.17, 15) is 4.79 Å².